The summed E-state index contributed by atoms with van der Waals surface area (Å²) in [4.78, 5) is 0. The van der Waals surface area contributed by atoms with Gasteiger partial charge in [0.1, 0.15) is 0 Å². The van der Waals surface area contributed by atoms with Gasteiger partial charge in [0.15, 0.2) is 0 Å². The molecular weight excluding hydrogens is 474 g/mol. The molecule has 0 aliphatic rings. The van der Waals surface area contributed by atoms with Gasteiger partial charge in [0.05, 0.1) is 0 Å². The SMILES string of the molecule is Cl.Cl.Cl.Cl.Cl.Cl.Cl.Cl.Cl.Cl.Cl.Cl.[MgH2].[MgH2]. The summed E-state index contributed by atoms with van der Waals surface area (Å²) in [6.45, 7) is 0. The van der Waals surface area contributed by atoms with Gasteiger partial charge >= 0.3 is 46.1 Å². The van der Waals surface area contributed by atoms with Gasteiger partial charge in [-0.15, -0.1) is 149 Å². The Bertz CT molecular complexity index is 8.28. The van der Waals surface area contributed by atoms with Crippen LogP contribution in [-0.4, -0.2) is 46.1 Å². The van der Waals surface area contributed by atoms with Crippen LogP contribution in [0.5, 0.6) is 0 Å². The smallest absolute Gasteiger partial charge is 0.147 e. The van der Waals surface area contributed by atoms with E-state index in [2.05, 4.69) is 0 Å². The molecule has 14 heavy (non-hydrogen) atoms. The molecule has 0 aromatic rings. The fourth-order valence-electron chi connectivity index (χ4n) is 0. The van der Waals surface area contributed by atoms with Crippen molar-refractivity contribution in [3.05, 3.63) is 0 Å². The average molecular weight is 490 g/mol. The molecule has 0 bridgehead atoms. The Balaban J connectivity index is 0. The van der Waals surface area contributed by atoms with Gasteiger partial charge in [-0.25, -0.2) is 0 Å². The van der Waals surface area contributed by atoms with Crippen LogP contribution in [0.2, 0.25) is 0 Å². The van der Waals surface area contributed by atoms with E-state index in [0.29, 0.717) is 0 Å². The van der Waals surface area contributed by atoms with E-state index in [1.807, 2.05) is 0 Å². The van der Waals surface area contributed by atoms with Gasteiger partial charge in [0, 0.05) is 0 Å². The van der Waals surface area contributed by atoms with Crippen LogP contribution in [0, 0.1) is 0 Å². The Morgan fingerprint density at radius 1 is 0.143 bits per heavy atom. The molecule has 0 radical (unpaired) electrons. The molecule has 104 valence electrons. The molecule has 0 N–H and O–H groups in total. The van der Waals surface area contributed by atoms with E-state index in [0.717, 1.165) is 0 Å². The van der Waals surface area contributed by atoms with Crippen LogP contribution in [0.4, 0.5) is 0 Å². The van der Waals surface area contributed by atoms with Gasteiger partial charge in [-0.3, -0.25) is 0 Å². The van der Waals surface area contributed by atoms with E-state index in [9.17, 15) is 0 Å². The number of halogens is 12. The monoisotopic (exact) mass is 484 g/mol. The van der Waals surface area contributed by atoms with Gasteiger partial charge < -0.3 is 0 Å². The normalized spacial score (nSPS) is 0. The van der Waals surface area contributed by atoms with Crippen LogP contribution in [0.3, 0.4) is 0 Å². The second kappa shape index (κ2) is 207. The summed E-state index contributed by atoms with van der Waals surface area (Å²) in [7, 11) is 0. The Morgan fingerprint density at radius 2 is 0.143 bits per heavy atom. The lowest BCUT2D eigenvalue weighted by Gasteiger charge is -0.148. The third kappa shape index (κ3) is 174. The van der Waals surface area contributed by atoms with Gasteiger partial charge in [0.25, 0.3) is 0 Å². The van der Waals surface area contributed by atoms with Crippen LogP contribution in [0.25, 0.3) is 0 Å². The van der Waals surface area contributed by atoms with Crippen LogP contribution >= 0.6 is 149 Å². The van der Waals surface area contributed by atoms with E-state index >= 15 is 0 Å². The van der Waals surface area contributed by atoms with E-state index in [1.54, 1.807) is 0 Å². The lowest BCUT2D eigenvalue weighted by Crippen LogP contribution is -0.382. The molecule has 0 spiro atoms. The summed E-state index contributed by atoms with van der Waals surface area (Å²) in [5, 5.41) is 0. The predicted octanol–water partition coefficient (Wildman–Crippen LogP) is 3.23. The topological polar surface area (TPSA) is 0 Å². The zero-order valence-corrected chi connectivity index (χ0v) is 14.7. The highest BCUT2D eigenvalue weighted by atomic mass is 35.5. The molecule has 0 aromatic heterocycles. The van der Waals surface area contributed by atoms with Crippen molar-refractivity contribution < 1.29 is 0 Å². The minimum atomic E-state index is 0. The third-order valence-electron chi connectivity index (χ3n) is 0. The van der Waals surface area contributed by atoms with Gasteiger partial charge in [-0.05, 0) is 0 Å². The molecule has 0 aliphatic carbocycles. The molecule has 0 fully saturated rings. The minimum Gasteiger partial charge on any atom is -0.147 e. The second-order valence-corrected chi connectivity index (χ2v) is 0. The molecule has 0 atom stereocenters. The van der Waals surface area contributed by atoms with Crippen LogP contribution < -0.4 is 0 Å². The highest BCUT2D eigenvalue weighted by Crippen LogP contribution is 0.701. The van der Waals surface area contributed by atoms with Crippen molar-refractivity contribution in [2.24, 2.45) is 0 Å². The zero-order valence-electron chi connectivity index (χ0n) is 4.90. The zero-order chi connectivity index (χ0) is 0. The minimum absolute atomic E-state index is 0. The van der Waals surface area contributed by atoms with Gasteiger partial charge in [0.2, 0.25) is 0 Å². The Morgan fingerprint density at radius 3 is 0.143 bits per heavy atom. The number of hydrogen-bond donors (Lipinski definition) is 0. The summed E-state index contributed by atoms with van der Waals surface area (Å²) >= 11 is 0. The first-order valence-corrected chi connectivity index (χ1v) is 0. The highest BCUT2D eigenvalue weighted by Gasteiger charge is 0.317. The molecule has 0 nitrogen and oxygen atoms in total. The van der Waals surface area contributed by atoms with Crippen molar-refractivity contribution in [2.45, 2.75) is 0 Å². The summed E-state index contributed by atoms with van der Waals surface area (Å²) in [5.41, 5.74) is 0. The molecule has 0 saturated heterocycles. The maximum atomic E-state index is 0. The molecule has 0 unspecified atom stereocenters. The largest absolute Gasteiger partial charge is 0.316 e. The summed E-state index contributed by atoms with van der Waals surface area (Å²) in [6, 6.07) is 0. The Hall–Kier alpha value is 5.01. The van der Waals surface area contributed by atoms with Crippen LogP contribution in [0.15, 0.2) is 0 Å². The summed E-state index contributed by atoms with van der Waals surface area (Å²) in [5.74, 6) is 0. The van der Waals surface area contributed by atoms with Crippen molar-refractivity contribution in [3.63, 3.8) is 0 Å². The first-order valence-electron chi connectivity index (χ1n) is 0. The summed E-state index contributed by atoms with van der Waals surface area (Å²) in [6.07, 6.45) is 0. The van der Waals surface area contributed by atoms with E-state index in [-0.39, 0.29) is 195 Å². The average Bonchev–Trinajstić information content (AvgIpc) is 0. The maximum Gasteiger partial charge on any atom is 0.316 e. The standard InChI is InChI=1S/12ClH.2Mg.4H/h12*1H;;;;;;. The van der Waals surface area contributed by atoms with Crippen molar-refractivity contribution in [1.82, 2.24) is 0 Å². The lowest BCUT2D eigenvalue weighted by atomic mass is 24.3. The van der Waals surface area contributed by atoms with Crippen LogP contribution in [0.1, 0.15) is 0 Å². The number of rotatable bonds is 0. The van der Waals surface area contributed by atoms with Crippen LogP contribution in [-0.2, 0) is 0 Å². The Labute approximate surface area is 192 Å². The van der Waals surface area contributed by atoms with Gasteiger partial charge in [-0.2, -0.15) is 0 Å². The van der Waals surface area contributed by atoms with Crippen molar-refractivity contribution in [3.8, 4) is 0 Å². The molecule has 0 rings (SSSR count). The fraction of sp³-hybridized carbons (Fsp3) is 0. The molecule has 0 amide bonds. The molecule has 0 aliphatic heterocycles. The molecule has 14 heteroatoms. The van der Waals surface area contributed by atoms with Crippen molar-refractivity contribution in [2.75, 3.05) is 0 Å². The first-order chi connectivity index (χ1) is 0. The predicted molar refractivity (Wildman–Crippen MR) is 104 cm³/mol. The second-order valence-electron chi connectivity index (χ2n) is 0. The maximum absolute atomic E-state index is 0. The highest BCUT2D eigenvalue weighted by molar-refractivity contribution is 5.86. The molecule has 0 aromatic carbocycles. The van der Waals surface area contributed by atoms with E-state index < -0.39 is 0 Å². The summed E-state index contributed by atoms with van der Waals surface area (Å²) < 4.78 is 0. The van der Waals surface area contributed by atoms with Crippen molar-refractivity contribution >= 4 is 195 Å². The molecular formula is H16Cl12Mg2. The Kier molecular flexibility index (Phi) is 3640. The third-order valence-corrected chi connectivity index (χ3v) is 0. The van der Waals surface area contributed by atoms with E-state index in [1.165, 1.54) is 0 Å². The van der Waals surface area contributed by atoms with Gasteiger partial charge in [-0.1, -0.05) is 0 Å². The van der Waals surface area contributed by atoms with Crippen molar-refractivity contribution in [1.29, 1.82) is 0 Å². The fourth-order valence-corrected chi connectivity index (χ4v) is 0. The molecule has 0 heterocycles. The quantitative estimate of drug-likeness (QED) is 0.458. The number of hydrogen-bond acceptors (Lipinski definition) is 0. The first kappa shape index (κ1) is 246. The molecule has 0 saturated carbocycles. The lowest BCUT2D eigenvalue weighted by molar-refractivity contribution is 5.75. The van der Waals surface area contributed by atoms with E-state index in [4.69, 9.17) is 0 Å².